The first-order valence-corrected chi connectivity index (χ1v) is 7.71. The van der Waals surface area contributed by atoms with Crippen molar-refractivity contribution in [2.75, 3.05) is 18.5 Å². The minimum Gasteiger partial charge on any atom is -0.492 e. The van der Waals surface area contributed by atoms with Crippen molar-refractivity contribution in [1.82, 2.24) is 5.32 Å². The summed E-state index contributed by atoms with van der Waals surface area (Å²) in [4.78, 5) is 11.7. The molecule has 0 heterocycles. The van der Waals surface area contributed by atoms with Crippen LogP contribution in [0.5, 0.6) is 5.75 Å². The van der Waals surface area contributed by atoms with Crippen molar-refractivity contribution in [2.45, 2.75) is 6.92 Å². The summed E-state index contributed by atoms with van der Waals surface area (Å²) in [5.74, 6) is 0.806. The molecular weight excluding hydrogens is 379 g/mol. The molecule has 2 N–H and O–H groups in total. The molecule has 0 aromatic heterocycles. The van der Waals surface area contributed by atoms with Gasteiger partial charge in [0.2, 0.25) is 0 Å². The molecule has 2 rings (SSSR count). The first-order chi connectivity index (χ1) is 10.1. The maximum Gasteiger partial charge on any atom is 0.319 e. The summed E-state index contributed by atoms with van der Waals surface area (Å²) in [7, 11) is 0. The van der Waals surface area contributed by atoms with E-state index < -0.39 is 0 Å². The lowest BCUT2D eigenvalue weighted by atomic mass is 10.2. The second-order valence-electron chi connectivity index (χ2n) is 4.55. The summed E-state index contributed by atoms with van der Waals surface area (Å²) in [6.45, 7) is 2.91. The molecule has 0 fully saturated rings. The van der Waals surface area contributed by atoms with Crippen LogP contribution in [0.4, 0.5) is 10.5 Å². The Morgan fingerprint density at radius 1 is 1.19 bits per heavy atom. The number of carbonyl (C=O) groups excluding carboxylic acids is 1. The standard InChI is InChI=1S/C16H17IN2O2/c1-12-5-7-15(8-6-12)21-10-9-18-16(20)19-14-4-2-3-13(17)11-14/h2-8,11H,9-10H2,1H3,(H2,18,19,20). The number of rotatable bonds is 5. The van der Waals surface area contributed by atoms with Crippen LogP contribution in [0.25, 0.3) is 0 Å². The summed E-state index contributed by atoms with van der Waals surface area (Å²) < 4.78 is 6.61. The van der Waals surface area contributed by atoms with E-state index in [1.54, 1.807) is 0 Å². The van der Waals surface area contributed by atoms with Gasteiger partial charge in [0.1, 0.15) is 12.4 Å². The van der Waals surface area contributed by atoms with Crippen LogP contribution in [0, 0.1) is 10.5 Å². The molecule has 2 amide bonds. The lowest BCUT2D eigenvalue weighted by Gasteiger charge is -2.09. The van der Waals surface area contributed by atoms with Gasteiger partial charge in [-0.2, -0.15) is 0 Å². The van der Waals surface area contributed by atoms with Gasteiger partial charge in [0.05, 0.1) is 6.54 Å². The number of aryl methyl sites for hydroxylation is 1. The van der Waals surface area contributed by atoms with Gasteiger partial charge in [0.15, 0.2) is 0 Å². The Morgan fingerprint density at radius 2 is 1.95 bits per heavy atom. The van der Waals surface area contributed by atoms with Crippen molar-refractivity contribution >= 4 is 34.3 Å². The molecule has 2 aromatic carbocycles. The quantitative estimate of drug-likeness (QED) is 0.597. The zero-order valence-electron chi connectivity index (χ0n) is 11.7. The van der Waals surface area contributed by atoms with E-state index in [4.69, 9.17) is 4.74 Å². The number of hydrogen-bond donors (Lipinski definition) is 2. The Morgan fingerprint density at radius 3 is 2.67 bits per heavy atom. The predicted molar refractivity (Wildman–Crippen MR) is 92.9 cm³/mol. The van der Waals surface area contributed by atoms with Gasteiger partial charge in [-0.1, -0.05) is 23.8 Å². The number of benzene rings is 2. The maximum atomic E-state index is 11.7. The molecular formula is C16H17IN2O2. The number of carbonyl (C=O) groups is 1. The van der Waals surface area contributed by atoms with Crippen molar-refractivity contribution in [3.05, 3.63) is 57.7 Å². The number of nitrogens with one attached hydrogen (secondary N) is 2. The Balaban J connectivity index is 1.68. The Hall–Kier alpha value is -1.76. The number of hydrogen-bond acceptors (Lipinski definition) is 2. The highest BCUT2D eigenvalue weighted by molar-refractivity contribution is 14.1. The topological polar surface area (TPSA) is 50.4 Å². The highest BCUT2D eigenvalue weighted by Crippen LogP contribution is 2.12. The monoisotopic (exact) mass is 396 g/mol. The van der Waals surface area contributed by atoms with Gasteiger partial charge >= 0.3 is 6.03 Å². The molecule has 0 atom stereocenters. The van der Waals surface area contributed by atoms with E-state index in [9.17, 15) is 4.79 Å². The summed E-state index contributed by atoms with van der Waals surface area (Å²) in [6.07, 6.45) is 0. The Kier molecular flexibility index (Phi) is 5.86. The van der Waals surface area contributed by atoms with Crippen LogP contribution < -0.4 is 15.4 Å². The van der Waals surface area contributed by atoms with Crippen LogP contribution in [-0.2, 0) is 0 Å². The minimum absolute atomic E-state index is 0.232. The smallest absolute Gasteiger partial charge is 0.319 e. The fourth-order valence-corrected chi connectivity index (χ4v) is 2.25. The molecule has 0 saturated heterocycles. The van der Waals surface area contributed by atoms with Gasteiger partial charge in [-0.15, -0.1) is 0 Å². The van der Waals surface area contributed by atoms with Crippen LogP contribution in [0.15, 0.2) is 48.5 Å². The average molecular weight is 396 g/mol. The molecule has 110 valence electrons. The first-order valence-electron chi connectivity index (χ1n) is 6.63. The third-order valence-corrected chi connectivity index (χ3v) is 3.43. The van der Waals surface area contributed by atoms with Crippen molar-refractivity contribution in [1.29, 1.82) is 0 Å². The Labute approximate surface area is 138 Å². The van der Waals surface area contributed by atoms with E-state index in [1.165, 1.54) is 5.56 Å². The number of halogens is 1. The SMILES string of the molecule is Cc1ccc(OCCNC(=O)Nc2cccc(I)c2)cc1. The van der Waals surface area contributed by atoms with E-state index in [0.717, 1.165) is 15.0 Å². The number of ether oxygens (including phenoxy) is 1. The van der Waals surface area contributed by atoms with Gasteiger partial charge in [0, 0.05) is 9.26 Å². The van der Waals surface area contributed by atoms with Crippen molar-refractivity contribution in [2.24, 2.45) is 0 Å². The van der Waals surface area contributed by atoms with Crippen LogP contribution in [-0.4, -0.2) is 19.2 Å². The molecule has 2 aromatic rings. The predicted octanol–water partition coefficient (Wildman–Crippen LogP) is 3.80. The van der Waals surface area contributed by atoms with Gasteiger partial charge in [-0.25, -0.2) is 4.79 Å². The van der Waals surface area contributed by atoms with E-state index >= 15 is 0 Å². The third-order valence-electron chi connectivity index (χ3n) is 2.76. The normalized spacial score (nSPS) is 10.0. The fraction of sp³-hybridized carbons (Fsp3) is 0.188. The van der Waals surface area contributed by atoms with Gasteiger partial charge in [0.25, 0.3) is 0 Å². The van der Waals surface area contributed by atoms with Gasteiger partial charge < -0.3 is 15.4 Å². The molecule has 0 spiro atoms. The highest BCUT2D eigenvalue weighted by atomic mass is 127. The molecule has 0 aliphatic carbocycles. The lowest BCUT2D eigenvalue weighted by molar-refractivity contribution is 0.247. The molecule has 0 aliphatic rings. The minimum atomic E-state index is -0.232. The van der Waals surface area contributed by atoms with E-state index in [1.807, 2.05) is 55.5 Å². The molecule has 21 heavy (non-hydrogen) atoms. The number of amides is 2. The highest BCUT2D eigenvalue weighted by Gasteiger charge is 2.01. The first kappa shape index (κ1) is 15.6. The molecule has 0 bridgehead atoms. The molecule has 5 heteroatoms. The molecule has 0 unspecified atom stereocenters. The second kappa shape index (κ2) is 7.87. The maximum absolute atomic E-state index is 11.7. The van der Waals surface area contributed by atoms with Gasteiger partial charge in [-0.05, 0) is 59.8 Å². The molecule has 0 saturated carbocycles. The van der Waals surface area contributed by atoms with Crippen LogP contribution in [0.3, 0.4) is 0 Å². The van der Waals surface area contributed by atoms with E-state index in [-0.39, 0.29) is 6.03 Å². The van der Waals surface area contributed by atoms with Crippen LogP contribution >= 0.6 is 22.6 Å². The summed E-state index contributed by atoms with van der Waals surface area (Å²) in [6, 6.07) is 15.2. The lowest BCUT2D eigenvalue weighted by Crippen LogP contribution is -2.32. The van der Waals surface area contributed by atoms with Crippen molar-refractivity contribution in [3.8, 4) is 5.75 Å². The molecule has 0 aliphatic heterocycles. The van der Waals surface area contributed by atoms with E-state index in [2.05, 4.69) is 33.2 Å². The van der Waals surface area contributed by atoms with Crippen molar-refractivity contribution in [3.63, 3.8) is 0 Å². The summed E-state index contributed by atoms with van der Waals surface area (Å²) in [5, 5.41) is 5.53. The summed E-state index contributed by atoms with van der Waals surface area (Å²) in [5.41, 5.74) is 1.97. The van der Waals surface area contributed by atoms with Crippen LogP contribution in [0.2, 0.25) is 0 Å². The number of urea groups is 1. The average Bonchev–Trinajstić information content (AvgIpc) is 2.45. The zero-order chi connectivity index (χ0) is 15.1. The Bertz CT molecular complexity index is 599. The van der Waals surface area contributed by atoms with Crippen molar-refractivity contribution < 1.29 is 9.53 Å². The molecule has 0 radical (unpaired) electrons. The molecule has 4 nitrogen and oxygen atoms in total. The number of anilines is 1. The van der Waals surface area contributed by atoms with Gasteiger partial charge in [-0.3, -0.25) is 0 Å². The third kappa shape index (κ3) is 5.63. The van der Waals surface area contributed by atoms with Crippen LogP contribution in [0.1, 0.15) is 5.56 Å². The fourth-order valence-electron chi connectivity index (χ4n) is 1.71. The van der Waals surface area contributed by atoms with E-state index in [0.29, 0.717) is 13.2 Å². The zero-order valence-corrected chi connectivity index (χ0v) is 13.9. The second-order valence-corrected chi connectivity index (χ2v) is 5.80. The largest absolute Gasteiger partial charge is 0.492 e. The summed E-state index contributed by atoms with van der Waals surface area (Å²) >= 11 is 2.20.